The number of hydrogen-bond donors (Lipinski definition) is 1. The van der Waals surface area contributed by atoms with Gasteiger partial charge in [0, 0.05) is 0 Å². The minimum atomic E-state index is 0.635. The second kappa shape index (κ2) is 4.21. The zero-order valence-electron chi connectivity index (χ0n) is 8.91. The van der Waals surface area contributed by atoms with Gasteiger partial charge in [-0.1, -0.05) is 0 Å². The summed E-state index contributed by atoms with van der Waals surface area (Å²) in [5, 5.41) is 0. The first-order valence-electron chi connectivity index (χ1n) is 5.08. The van der Waals surface area contributed by atoms with Crippen molar-refractivity contribution in [3.05, 3.63) is 18.5 Å². The van der Waals surface area contributed by atoms with E-state index in [1.165, 1.54) is 0 Å². The van der Waals surface area contributed by atoms with Gasteiger partial charge in [-0.25, -0.2) is 4.98 Å². The molecule has 0 aliphatic carbocycles. The predicted octanol–water partition coefficient (Wildman–Crippen LogP) is 2.36. The van der Waals surface area contributed by atoms with E-state index in [0.29, 0.717) is 13.2 Å². The lowest BCUT2D eigenvalue weighted by Gasteiger charge is -2.07. The first-order chi connectivity index (χ1) is 7.36. The molecule has 0 aliphatic heterocycles. The summed E-state index contributed by atoms with van der Waals surface area (Å²) < 4.78 is 11.0. The topological polar surface area (TPSA) is 47.1 Å². The van der Waals surface area contributed by atoms with E-state index in [1.54, 1.807) is 6.33 Å². The fourth-order valence-electron chi connectivity index (χ4n) is 1.53. The van der Waals surface area contributed by atoms with Crippen molar-refractivity contribution in [2.45, 2.75) is 13.8 Å². The van der Waals surface area contributed by atoms with Gasteiger partial charge in [-0.15, -0.1) is 0 Å². The molecule has 0 aliphatic rings. The third kappa shape index (κ3) is 1.75. The fourth-order valence-corrected chi connectivity index (χ4v) is 1.53. The molecule has 0 unspecified atom stereocenters. The Labute approximate surface area is 88.2 Å². The quantitative estimate of drug-likeness (QED) is 0.835. The van der Waals surface area contributed by atoms with E-state index in [2.05, 4.69) is 9.97 Å². The van der Waals surface area contributed by atoms with Crippen LogP contribution in [0.3, 0.4) is 0 Å². The number of H-pyrrole nitrogens is 1. The summed E-state index contributed by atoms with van der Waals surface area (Å²) in [5.41, 5.74) is 1.71. The van der Waals surface area contributed by atoms with Crippen LogP contribution >= 0.6 is 0 Å². The van der Waals surface area contributed by atoms with Crippen LogP contribution in [-0.4, -0.2) is 23.2 Å². The molecule has 0 atom stereocenters. The van der Waals surface area contributed by atoms with Crippen molar-refractivity contribution in [3.8, 4) is 11.5 Å². The van der Waals surface area contributed by atoms with Crippen molar-refractivity contribution >= 4 is 11.0 Å². The van der Waals surface area contributed by atoms with Crippen molar-refractivity contribution in [1.29, 1.82) is 0 Å². The molecule has 1 heterocycles. The summed E-state index contributed by atoms with van der Waals surface area (Å²) in [6, 6.07) is 3.78. The van der Waals surface area contributed by atoms with Crippen LogP contribution in [0, 0.1) is 0 Å². The van der Waals surface area contributed by atoms with Gasteiger partial charge < -0.3 is 14.5 Å². The largest absolute Gasteiger partial charge is 0.492 e. The van der Waals surface area contributed by atoms with Crippen molar-refractivity contribution < 1.29 is 9.47 Å². The van der Waals surface area contributed by atoms with Crippen molar-refractivity contribution in [1.82, 2.24) is 9.97 Å². The summed E-state index contributed by atoms with van der Waals surface area (Å²) in [6.07, 6.45) is 1.65. The predicted molar refractivity (Wildman–Crippen MR) is 58.4 cm³/mol. The van der Waals surface area contributed by atoms with Crippen molar-refractivity contribution in [2.24, 2.45) is 0 Å². The number of aromatic amines is 1. The molecule has 80 valence electrons. The number of nitrogens with one attached hydrogen (secondary N) is 1. The Morgan fingerprint density at radius 3 is 2.53 bits per heavy atom. The number of aromatic nitrogens is 2. The molecule has 1 aromatic heterocycles. The van der Waals surface area contributed by atoms with Gasteiger partial charge in [0.1, 0.15) is 22.5 Å². The summed E-state index contributed by atoms with van der Waals surface area (Å²) in [6.45, 7) is 5.19. The molecular formula is C11H14N2O2. The molecule has 1 aromatic carbocycles. The molecule has 0 spiro atoms. The molecule has 0 saturated carbocycles. The zero-order chi connectivity index (χ0) is 10.7. The van der Waals surface area contributed by atoms with Crippen molar-refractivity contribution in [3.63, 3.8) is 0 Å². The summed E-state index contributed by atoms with van der Waals surface area (Å²) in [5.74, 6) is 1.60. The average Bonchev–Trinajstić information content (AvgIpc) is 2.71. The monoisotopic (exact) mass is 206 g/mol. The van der Waals surface area contributed by atoms with Gasteiger partial charge in [0.15, 0.2) is 0 Å². The molecular weight excluding hydrogens is 192 g/mol. The second-order valence-electron chi connectivity index (χ2n) is 3.05. The van der Waals surface area contributed by atoms with Gasteiger partial charge >= 0.3 is 0 Å². The van der Waals surface area contributed by atoms with Crippen molar-refractivity contribution in [2.75, 3.05) is 13.2 Å². The van der Waals surface area contributed by atoms with E-state index in [1.807, 2.05) is 26.0 Å². The lowest BCUT2D eigenvalue weighted by molar-refractivity contribution is 0.336. The van der Waals surface area contributed by atoms with E-state index in [4.69, 9.17) is 9.47 Å². The van der Waals surface area contributed by atoms with Crippen LogP contribution in [0.25, 0.3) is 11.0 Å². The highest BCUT2D eigenvalue weighted by molar-refractivity contribution is 5.86. The lowest BCUT2D eigenvalue weighted by Crippen LogP contribution is -1.95. The Kier molecular flexibility index (Phi) is 2.76. The summed E-state index contributed by atoms with van der Waals surface area (Å²) >= 11 is 0. The number of benzene rings is 1. The molecule has 1 N–H and O–H groups in total. The average molecular weight is 206 g/mol. The molecule has 4 nitrogen and oxygen atoms in total. The molecule has 15 heavy (non-hydrogen) atoms. The first kappa shape index (κ1) is 9.83. The van der Waals surface area contributed by atoms with E-state index in [9.17, 15) is 0 Å². The maximum atomic E-state index is 5.48. The van der Waals surface area contributed by atoms with Crippen LogP contribution in [0.1, 0.15) is 13.8 Å². The lowest BCUT2D eigenvalue weighted by atomic mass is 10.2. The highest BCUT2D eigenvalue weighted by Gasteiger charge is 2.09. The molecule has 0 fully saturated rings. The van der Waals surface area contributed by atoms with Gasteiger partial charge in [0.2, 0.25) is 0 Å². The van der Waals surface area contributed by atoms with Crippen LogP contribution in [0.2, 0.25) is 0 Å². The number of ether oxygens (including phenoxy) is 2. The van der Waals surface area contributed by atoms with Gasteiger partial charge in [-0.2, -0.15) is 0 Å². The van der Waals surface area contributed by atoms with E-state index >= 15 is 0 Å². The van der Waals surface area contributed by atoms with Crippen LogP contribution in [0.5, 0.6) is 11.5 Å². The van der Waals surface area contributed by atoms with E-state index in [-0.39, 0.29) is 0 Å². The Morgan fingerprint density at radius 1 is 1.13 bits per heavy atom. The fraction of sp³-hybridized carbons (Fsp3) is 0.364. The van der Waals surface area contributed by atoms with Crippen LogP contribution in [-0.2, 0) is 0 Å². The number of imidazole rings is 1. The third-order valence-electron chi connectivity index (χ3n) is 2.10. The van der Waals surface area contributed by atoms with Crippen LogP contribution in [0.15, 0.2) is 18.5 Å². The maximum Gasteiger partial charge on any atom is 0.147 e. The van der Waals surface area contributed by atoms with Gasteiger partial charge in [-0.3, -0.25) is 0 Å². The summed E-state index contributed by atoms with van der Waals surface area (Å²) in [7, 11) is 0. The number of nitrogens with zero attached hydrogens (tertiary/aromatic N) is 1. The van der Waals surface area contributed by atoms with E-state index in [0.717, 1.165) is 22.5 Å². The van der Waals surface area contributed by atoms with Gasteiger partial charge in [0.05, 0.1) is 19.5 Å². The Balaban J connectivity index is 2.50. The zero-order valence-corrected chi connectivity index (χ0v) is 8.91. The highest BCUT2D eigenvalue weighted by atomic mass is 16.5. The molecule has 2 rings (SSSR count). The molecule has 4 heteroatoms. The van der Waals surface area contributed by atoms with Gasteiger partial charge in [-0.05, 0) is 26.0 Å². The molecule has 0 radical (unpaired) electrons. The Morgan fingerprint density at radius 2 is 1.80 bits per heavy atom. The molecule has 0 amide bonds. The number of fused-ring (bicyclic) bond motifs is 1. The smallest absolute Gasteiger partial charge is 0.147 e. The maximum absolute atomic E-state index is 5.48. The number of rotatable bonds is 4. The SMILES string of the molecule is CCOc1ccc(OCC)c2[nH]cnc12. The molecule has 0 bridgehead atoms. The minimum Gasteiger partial charge on any atom is -0.492 e. The number of hydrogen-bond acceptors (Lipinski definition) is 3. The molecule has 2 aromatic rings. The standard InChI is InChI=1S/C11H14N2O2/c1-3-14-8-5-6-9(15-4-2)11-10(8)12-7-13-11/h5-7H,3-4H2,1-2H3,(H,12,13). The second-order valence-corrected chi connectivity index (χ2v) is 3.05. The third-order valence-corrected chi connectivity index (χ3v) is 2.10. The van der Waals surface area contributed by atoms with E-state index < -0.39 is 0 Å². The molecule has 0 saturated heterocycles. The van der Waals surface area contributed by atoms with Gasteiger partial charge in [0.25, 0.3) is 0 Å². The Bertz CT molecular complexity index is 411. The highest BCUT2D eigenvalue weighted by Crippen LogP contribution is 2.30. The normalized spacial score (nSPS) is 10.5. The first-order valence-corrected chi connectivity index (χ1v) is 5.08. The summed E-state index contributed by atoms with van der Waals surface area (Å²) in [4.78, 5) is 7.28. The van der Waals surface area contributed by atoms with Crippen LogP contribution < -0.4 is 9.47 Å². The Hall–Kier alpha value is -1.71. The van der Waals surface area contributed by atoms with Crippen LogP contribution in [0.4, 0.5) is 0 Å². The minimum absolute atomic E-state index is 0.635.